The standard InChI is InChI=1S/C18H22N2O4S/c1-4-11-20(25(22,23)16-7-5-14(2)6-8-16)13-17(21)15-9-10-19-18(12-15)24-3/h5-10,12H,4,11,13H2,1-3H3. The molecule has 0 saturated carbocycles. The monoisotopic (exact) mass is 362 g/mol. The van der Waals surface area contributed by atoms with Gasteiger partial charge in [-0.05, 0) is 31.5 Å². The van der Waals surface area contributed by atoms with Gasteiger partial charge in [0.25, 0.3) is 0 Å². The largest absolute Gasteiger partial charge is 0.481 e. The Labute approximate surface area is 148 Å². The van der Waals surface area contributed by atoms with Crippen LogP contribution in [0.5, 0.6) is 5.88 Å². The van der Waals surface area contributed by atoms with E-state index in [1.807, 2.05) is 13.8 Å². The number of pyridine rings is 1. The zero-order valence-electron chi connectivity index (χ0n) is 14.6. The zero-order valence-corrected chi connectivity index (χ0v) is 15.4. The third kappa shape index (κ3) is 4.64. The van der Waals surface area contributed by atoms with E-state index in [9.17, 15) is 13.2 Å². The Kier molecular flexibility index (Phi) is 6.27. The van der Waals surface area contributed by atoms with E-state index in [-0.39, 0.29) is 23.8 Å². The number of carbonyl (C=O) groups is 1. The molecule has 0 aliphatic heterocycles. The molecule has 2 aromatic rings. The van der Waals surface area contributed by atoms with Gasteiger partial charge in [0.2, 0.25) is 15.9 Å². The lowest BCUT2D eigenvalue weighted by molar-refractivity contribution is 0.0966. The van der Waals surface area contributed by atoms with Crippen molar-refractivity contribution in [2.45, 2.75) is 25.2 Å². The van der Waals surface area contributed by atoms with Crippen molar-refractivity contribution in [3.05, 3.63) is 53.7 Å². The number of aromatic nitrogens is 1. The molecule has 1 aromatic carbocycles. The van der Waals surface area contributed by atoms with Gasteiger partial charge in [-0.2, -0.15) is 4.31 Å². The van der Waals surface area contributed by atoms with E-state index in [1.54, 1.807) is 30.3 Å². The molecule has 0 saturated heterocycles. The molecule has 2 rings (SSSR count). The average molecular weight is 362 g/mol. The fourth-order valence-electron chi connectivity index (χ4n) is 2.34. The van der Waals surface area contributed by atoms with Crippen LogP contribution in [0.15, 0.2) is 47.5 Å². The molecule has 1 heterocycles. The first-order chi connectivity index (χ1) is 11.9. The second-order valence-corrected chi connectivity index (χ2v) is 7.60. The highest BCUT2D eigenvalue weighted by Crippen LogP contribution is 2.18. The summed E-state index contributed by atoms with van der Waals surface area (Å²) in [5.41, 5.74) is 1.34. The van der Waals surface area contributed by atoms with Gasteiger partial charge in [0, 0.05) is 24.4 Å². The molecule has 0 spiro atoms. The number of Topliss-reactive ketones (excluding diaryl/α,β-unsaturated/α-hetero) is 1. The van der Waals surface area contributed by atoms with Crippen molar-refractivity contribution in [1.29, 1.82) is 0 Å². The summed E-state index contributed by atoms with van der Waals surface area (Å²) < 4.78 is 31.9. The van der Waals surface area contributed by atoms with Crippen molar-refractivity contribution < 1.29 is 17.9 Å². The molecule has 0 radical (unpaired) electrons. The van der Waals surface area contributed by atoms with Crippen LogP contribution in [0.2, 0.25) is 0 Å². The number of nitrogens with zero attached hydrogens (tertiary/aromatic N) is 2. The number of benzene rings is 1. The molecule has 0 fully saturated rings. The van der Waals surface area contributed by atoms with Gasteiger partial charge in [-0.25, -0.2) is 13.4 Å². The molecule has 0 bridgehead atoms. The molecule has 0 amide bonds. The fraction of sp³-hybridized carbons (Fsp3) is 0.333. The zero-order chi connectivity index (χ0) is 18.4. The van der Waals surface area contributed by atoms with E-state index in [0.717, 1.165) is 5.56 Å². The Morgan fingerprint density at radius 1 is 1.20 bits per heavy atom. The Morgan fingerprint density at radius 3 is 2.48 bits per heavy atom. The summed E-state index contributed by atoms with van der Waals surface area (Å²) in [6.45, 7) is 3.81. The van der Waals surface area contributed by atoms with Gasteiger partial charge >= 0.3 is 0 Å². The Morgan fingerprint density at radius 2 is 1.88 bits per heavy atom. The molecule has 7 heteroatoms. The van der Waals surface area contributed by atoms with Gasteiger partial charge in [-0.3, -0.25) is 4.79 Å². The average Bonchev–Trinajstić information content (AvgIpc) is 2.61. The second-order valence-electron chi connectivity index (χ2n) is 5.66. The van der Waals surface area contributed by atoms with Crippen LogP contribution < -0.4 is 4.74 Å². The Hall–Kier alpha value is -2.25. The van der Waals surface area contributed by atoms with Crippen molar-refractivity contribution in [2.75, 3.05) is 20.2 Å². The summed E-state index contributed by atoms with van der Waals surface area (Å²) in [7, 11) is -2.27. The van der Waals surface area contributed by atoms with E-state index in [4.69, 9.17) is 4.74 Å². The molecule has 0 aliphatic carbocycles. The summed E-state index contributed by atoms with van der Waals surface area (Å²) in [5.74, 6) is 0.0131. The number of ketones is 1. The maximum atomic E-state index is 12.9. The highest BCUT2D eigenvalue weighted by Gasteiger charge is 2.26. The van der Waals surface area contributed by atoms with Crippen molar-refractivity contribution in [3.8, 4) is 5.88 Å². The molecular weight excluding hydrogens is 340 g/mol. The Balaban J connectivity index is 2.27. The number of hydrogen-bond donors (Lipinski definition) is 0. The molecule has 25 heavy (non-hydrogen) atoms. The van der Waals surface area contributed by atoms with Crippen LogP contribution in [0.4, 0.5) is 0 Å². The highest BCUT2D eigenvalue weighted by molar-refractivity contribution is 7.89. The Bertz CT molecular complexity index is 832. The van der Waals surface area contributed by atoms with E-state index < -0.39 is 10.0 Å². The molecular formula is C18H22N2O4S. The minimum Gasteiger partial charge on any atom is -0.481 e. The number of methoxy groups -OCH3 is 1. The molecule has 6 nitrogen and oxygen atoms in total. The van der Waals surface area contributed by atoms with Crippen LogP contribution in [0.1, 0.15) is 29.3 Å². The number of hydrogen-bond acceptors (Lipinski definition) is 5. The predicted octanol–water partition coefficient (Wildman–Crippen LogP) is 2.68. The quantitative estimate of drug-likeness (QED) is 0.675. The van der Waals surface area contributed by atoms with Crippen LogP contribution in [-0.2, 0) is 10.0 Å². The van der Waals surface area contributed by atoms with Crippen LogP contribution in [0.25, 0.3) is 0 Å². The van der Waals surface area contributed by atoms with Gasteiger partial charge in [-0.1, -0.05) is 24.6 Å². The molecule has 134 valence electrons. The first-order valence-electron chi connectivity index (χ1n) is 7.98. The SMILES string of the molecule is CCCN(CC(=O)c1ccnc(OC)c1)S(=O)(=O)c1ccc(C)cc1. The number of carbonyl (C=O) groups excluding carboxylic acids is 1. The second kappa shape index (κ2) is 8.22. The van der Waals surface area contributed by atoms with Gasteiger partial charge in [0.05, 0.1) is 18.6 Å². The smallest absolute Gasteiger partial charge is 0.243 e. The van der Waals surface area contributed by atoms with Crippen molar-refractivity contribution in [2.24, 2.45) is 0 Å². The van der Waals surface area contributed by atoms with Crippen LogP contribution in [-0.4, -0.2) is 43.7 Å². The maximum absolute atomic E-state index is 12.9. The minimum absolute atomic E-state index is 0.187. The lowest BCUT2D eigenvalue weighted by Gasteiger charge is -2.21. The van der Waals surface area contributed by atoms with Gasteiger partial charge in [0.1, 0.15) is 0 Å². The summed E-state index contributed by atoms with van der Waals surface area (Å²) >= 11 is 0. The minimum atomic E-state index is -3.73. The van der Waals surface area contributed by atoms with Crippen molar-refractivity contribution in [1.82, 2.24) is 9.29 Å². The van der Waals surface area contributed by atoms with Gasteiger partial charge < -0.3 is 4.74 Å². The molecule has 0 atom stereocenters. The summed E-state index contributed by atoms with van der Waals surface area (Å²) in [6.07, 6.45) is 2.07. The molecule has 0 N–H and O–H groups in total. The van der Waals surface area contributed by atoms with Crippen molar-refractivity contribution in [3.63, 3.8) is 0 Å². The first kappa shape index (κ1) is 19.1. The summed E-state index contributed by atoms with van der Waals surface area (Å²) in [6, 6.07) is 9.66. The van der Waals surface area contributed by atoms with Crippen LogP contribution in [0.3, 0.4) is 0 Å². The van der Waals surface area contributed by atoms with E-state index in [2.05, 4.69) is 4.98 Å². The lowest BCUT2D eigenvalue weighted by Crippen LogP contribution is -2.36. The van der Waals surface area contributed by atoms with E-state index >= 15 is 0 Å². The summed E-state index contributed by atoms with van der Waals surface area (Å²) in [5, 5.41) is 0. The molecule has 0 unspecified atom stereocenters. The van der Waals surface area contributed by atoms with Gasteiger partial charge in [-0.15, -0.1) is 0 Å². The fourth-order valence-corrected chi connectivity index (χ4v) is 3.83. The molecule has 1 aromatic heterocycles. The number of aryl methyl sites for hydroxylation is 1. The maximum Gasteiger partial charge on any atom is 0.243 e. The topological polar surface area (TPSA) is 76.6 Å². The predicted molar refractivity (Wildman–Crippen MR) is 95.3 cm³/mol. The van der Waals surface area contributed by atoms with Gasteiger partial charge in [0.15, 0.2) is 5.78 Å². The van der Waals surface area contributed by atoms with Crippen LogP contribution in [0, 0.1) is 6.92 Å². The number of sulfonamides is 1. The molecule has 0 aliphatic rings. The van der Waals surface area contributed by atoms with Crippen LogP contribution >= 0.6 is 0 Å². The number of rotatable bonds is 8. The van der Waals surface area contributed by atoms with E-state index in [0.29, 0.717) is 17.9 Å². The lowest BCUT2D eigenvalue weighted by atomic mass is 10.2. The third-order valence-corrected chi connectivity index (χ3v) is 5.58. The summed E-state index contributed by atoms with van der Waals surface area (Å²) in [4.78, 5) is 16.7. The normalized spacial score (nSPS) is 11.5. The third-order valence-electron chi connectivity index (χ3n) is 3.72. The number of ether oxygens (including phenoxy) is 1. The highest BCUT2D eigenvalue weighted by atomic mass is 32.2. The van der Waals surface area contributed by atoms with Crippen molar-refractivity contribution >= 4 is 15.8 Å². The van der Waals surface area contributed by atoms with E-state index in [1.165, 1.54) is 23.7 Å². The first-order valence-corrected chi connectivity index (χ1v) is 9.42.